The quantitative estimate of drug-likeness (QED) is 0.709. The molecular weight excluding hydrogens is 282 g/mol. The van der Waals surface area contributed by atoms with E-state index in [1.807, 2.05) is 24.3 Å². The zero-order valence-electron chi connectivity index (χ0n) is 12.7. The van der Waals surface area contributed by atoms with Crippen molar-refractivity contribution in [1.82, 2.24) is 0 Å². The lowest BCUT2D eigenvalue weighted by Crippen LogP contribution is -2.05. The summed E-state index contributed by atoms with van der Waals surface area (Å²) in [6.45, 7) is 2.17. The number of ether oxygens (including phenoxy) is 1. The lowest BCUT2D eigenvalue weighted by Gasteiger charge is -2.14. The molecule has 0 saturated carbocycles. The second-order valence-corrected chi connectivity index (χ2v) is 5.86. The standard InChI is InChI=1S/C19H20F2O/c1-2-3-16-9-11-19(22-16)14-6-4-13(5-7-14)15-8-10-17(20)18(21)12-15/h4-8,10,12,16,19H,2-3,9,11H2,1H3. The average molecular weight is 302 g/mol. The molecule has 3 heteroatoms. The van der Waals surface area contributed by atoms with Gasteiger partial charge < -0.3 is 4.74 Å². The third-order valence-corrected chi connectivity index (χ3v) is 4.25. The average Bonchev–Trinajstić information content (AvgIpc) is 2.99. The second-order valence-electron chi connectivity index (χ2n) is 5.86. The summed E-state index contributed by atoms with van der Waals surface area (Å²) in [7, 11) is 0. The van der Waals surface area contributed by atoms with Crippen molar-refractivity contribution in [3.8, 4) is 11.1 Å². The Morgan fingerprint density at radius 3 is 2.36 bits per heavy atom. The first-order valence-electron chi connectivity index (χ1n) is 7.88. The third kappa shape index (κ3) is 3.20. The van der Waals surface area contributed by atoms with Gasteiger partial charge in [0.2, 0.25) is 0 Å². The summed E-state index contributed by atoms with van der Waals surface area (Å²) in [6, 6.07) is 11.9. The van der Waals surface area contributed by atoms with Gasteiger partial charge in [-0.3, -0.25) is 0 Å². The molecule has 0 radical (unpaired) electrons. The van der Waals surface area contributed by atoms with E-state index in [0.29, 0.717) is 11.7 Å². The van der Waals surface area contributed by atoms with Crippen LogP contribution in [0.2, 0.25) is 0 Å². The van der Waals surface area contributed by atoms with Crippen LogP contribution in [0.25, 0.3) is 11.1 Å². The molecule has 2 aromatic carbocycles. The summed E-state index contributed by atoms with van der Waals surface area (Å²) in [4.78, 5) is 0. The summed E-state index contributed by atoms with van der Waals surface area (Å²) in [5.41, 5.74) is 2.72. The van der Waals surface area contributed by atoms with Gasteiger partial charge in [-0.25, -0.2) is 8.78 Å². The maximum atomic E-state index is 13.3. The van der Waals surface area contributed by atoms with Gasteiger partial charge >= 0.3 is 0 Å². The minimum atomic E-state index is -0.818. The zero-order chi connectivity index (χ0) is 15.5. The van der Waals surface area contributed by atoms with Crippen LogP contribution in [0.1, 0.15) is 44.3 Å². The van der Waals surface area contributed by atoms with Crippen LogP contribution in [0.3, 0.4) is 0 Å². The molecule has 0 amide bonds. The maximum Gasteiger partial charge on any atom is 0.159 e. The van der Waals surface area contributed by atoms with Crippen LogP contribution < -0.4 is 0 Å². The molecule has 2 unspecified atom stereocenters. The summed E-state index contributed by atoms with van der Waals surface area (Å²) in [6.07, 6.45) is 4.96. The number of hydrogen-bond acceptors (Lipinski definition) is 1. The zero-order valence-corrected chi connectivity index (χ0v) is 12.7. The molecule has 0 N–H and O–H groups in total. The fourth-order valence-corrected chi connectivity index (χ4v) is 3.05. The molecule has 1 aliphatic rings. The number of benzene rings is 2. The number of hydrogen-bond donors (Lipinski definition) is 0. The molecule has 116 valence electrons. The van der Waals surface area contributed by atoms with E-state index in [0.717, 1.165) is 42.9 Å². The molecule has 0 bridgehead atoms. The van der Waals surface area contributed by atoms with Crippen LogP contribution in [0.15, 0.2) is 42.5 Å². The van der Waals surface area contributed by atoms with Gasteiger partial charge in [0.15, 0.2) is 11.6 Å². The van der Waals surface area contributed by atoms with Gasteiger partial charge in [-0.05, 0) is 48.1 Å². The normalized spacial score (nSPS) is 21.2. The van der Waals surface area contributed by atoms with Crippen molar-refractivity contribution in [2.24, 2.45) is 0 Å². The summed E-state index contributed by atoms with van der Waals surface area (Å²) < 4.78 is 32.4. The van der Waals surface area contributed by atoms with E-state index < -0.39 is 11.6 Å². The minimum absolute atomic E-state index is 0.163. The van der Waals surface area contributed by atoms with Gasteiger partial charge in [-0.1, -0.05) is 43.7 Å². The van der Waals surface area contributed by atoms with Gasteiger partial charge in [0.05, 0.1) is 12.2 Å². The van der Waals surface area contributed by atoms with Crippen LogP contribution in [0, 0.1) is 11.6 Å². The van der Waals surface area contributed by atoms with E-state index in [1.54, 1.807) is 6.07 Å². The van der Waals surface area contributed by atoms with Crippen LogP contribution >= 0.6 is 0 Å². The number of rotatable bonds is 4. The lowest BCUT2D eigenvalue weighted by molar-refractivity contribution is 0.0397. The first-order chi connectivity index (χ1) is 10.7. The summed E-state index contributed by atoms with van der Waals surface area (Å²) in [5, 5.41) is 0. The van der Waals surface area contributed by atoms with Gasteiger partial charge in [0.25, 0.3) is 0 Å². The van der Waals surface area contributed by atoms with Crippen LogP contribution in [-0.4, -0.2) is 6.10 Å². The first-order valence-corrected chi connectivity index (χ1v) is 7.88. The van der Waals surface area contributed by atoms with Crippen molar-refractivity contribution >= 4 is 0 Å². The largest absolute Gasteiger partial charge is 0.370 e. The van der Waals surface area contributed by atoms with Crippen molar-refractivity contribution in [1.29, 1.82) is 0 Å². The predicted molar refractivity (Wildman–Crippen MR) is 83.6 cm³/mol. The molecule has 1 heterocycles. The molecule has 2 atom stereocenters. The van der Waals surface area contributed by atoms with Gasteiger partial charge in [-0.15, -0.1) is 0 Å². The topological polar surface area (TPSA) is 9.23 Å². The Morgan fingerprint density at radius 1 is 0.955 bits per heavy atom. The summed E-state index contributed by atoms with van der Waals surface area (Å²) in [5.74, 6) is -1.63. The molecule has 0 aliphatic carbocycles. The second kappa shape index (κ2) is 6.57. The first kappa shape index (κ1) is 15.2. The molecule has 3 rings (SSSR count). The van der Waals surface area contributed by atoms with Crippen LogP contribution in [0.5, 0.6) is 0 Å². The minimum Gasteiger partial charge on any atom is -0.370 e. The number of halogens is 2. The highest BCUT2D eigenvalue weighted by atomic mass is 19.2. The Bertz CT molecular complexity index is 636. The van der Waals surface area contributed by atoms with E-state index in [-0.39, 0.29) is 6.10 Å². The molecule has 22 heavy (non-hydrogen) atoms. The van der Waals surface area contributed by atoms with Gasteiger partial charge in [0.1, 0.15) is 0 Å². The van der Waals surface area contributed by atoms with Crippen molar-refractivity contribution in [2.45, 2.75) is 44.8 Å². The monoisotopic (exact) mass is 302 g/mol. The fraction of sp³-hybridized carbons (Fsp3) is 0.368. The predicted octanol–water partition coefficient (Wildman–Crippen LogP) is 5.65. The van der Waals surface area contributed by atoms with E-state index in [1.165, 1.54) is 6.07 Å². The highest BCUT2D eigenvalue weighted by Gasteiger charge is 2.25. The highest BCUT2D eigenvalue weighted by molar-refractivity contribution is 5.63. The van der Waals surface area contributed by atoms with Crippen LogP contribution in [0.4, 0.5) is 8.78 Å². The van der Waals surface area contributed by atoms with Gasteiger partial charge in [0, 0.05) is 0 Å². The molecular formula is C19H20F2O. The van der Waals surface area contributed by atoms with E-state index >= 15 is 0 Å². The van der Waals surface area contributed by atoms with Crippen LogP contribution in [-0.2, 0) is 4.74 Å². The molecule has 1 fully saturated rings. The molecule has 0 aromatic heterocycles. The Hall–Kier alpha value is -1.74. The van der Waals surface area contributed by atoms with Crippen molar-refractivity contribution in [3.05, 3.63) is 59.7 Å². The Balaban J connectivity index is 1.74. The lowest BCUT2D eigenvalue weighted by atomic mass is 10.0. The Morgan fingerprint density at radius 2 is 1.68 bits per heavy atom. The van der Waals surface area contributed by atoms with Crippen molar-refractivity contribution < 1.29 is 13.5 Å². The smallest absolute Gasteiger partial charge is 0.159 e. The van der Waals surface area contributed by atoms with E-state index in [9.17, 15) is 8.78 Å². The van der Waals surface area contributed by atoms with E-state index in [4.69, 9.17) is 4.74 Å². The SMILES string of the molecule is CCCC1CCC(c2ccc(-c3ccc(F)c(F)c3)cc2)O1. The third-order valence-electron chi connectivity index (χ3n) is 4.25. The Labute approximate surface area is 129 Å². The maximum absolute atomic E-state index is 13.3. The van der Waals surface area contributed by atoms with Crippen molar-refractivity contribution in [2.75, 3.05) is 0 Å². The fourth-order valence-electron chi connectivity index (χ4n) is 3.05. The Kier molecular flexibility index (Phi) is 4.53. The molecule has 2 aromatic rings. The molecule has 1 aliphatic heterocycles. The molecule has 0 spiro atoms. The van der Waals surface area contributed by atoms with Gasteiger partial charge in [-0.2, -0.15) is 0 Å². The highest BCUT2D eigenvalue weighted by Crippen LogP contribution is 2.35. The van der Waals surface area contributed by atoms with Crippen molar-refractivity contribution in [3.63, 3.8) is 0 Å². The van der Waals surface area contributed by atoms with E-state index in [2.05, 4.69) is 6.92 Å². The summed E-state index contributed by atoms with van der Waals surface area (Å²) >= 11 is 0. The molecule has 1 nitrogen and oxygen atoms in total. The molecule has 1 saturated heterocycles.